The van der Waals surface area contributed by atoms with Crippen molar-refractivity contribution in [2.24, 2.45) is 0 Å². The van der Waals surface area contributed by atoms with Gasteiger partial charge in [-0.3, -0.25) is 14.9 Å². The van der Waals surface area contributed by atoms with Crippen LogP contribution in [0.5, 0.6) is 5.75 Å². The van der Waals surface area contributed by atoms with Crippen molar-refractivity contribution in [1.82, 2.24) is 5.32 Å². The largest absolute Gasteiger partial charge is 0.477 e. The van der Waals surface area contributed by atoms with Crippen LogP contribution in [0.4, 0.5) is 5.69 Å². The number of rotatable bonds is 7. The third-order valence-electron chi connectivity index (χ3n) is 3.70. The van der Waals surface area contributed by atoms with Crippen molar-refractivity contribution in [1.29, 1.82) is 0 Å². The van der Waals surface area contributed by atoms with Gasteiger partial charge in [-0.1, -0.05) is 48.4 Å². The Balaban J connectivity index is 2.00. The SMILES string of the molecule is CC[C@H](NC(=O)COc1ccc(Cl)cc1[N+](=O)[O-])c1ccc(C)cc1. The molecule has 7 heteroatoms. The molecule has 0 aliphatic carbocycles. The van der Waals surface area contributed by atoms with Gasteiger partial charge < -0.3 is 10.1 Å². The molecule has 0 saturated heterocycles. The van der Waals surface area contributed by atoms with Gasteiger partial charge in [0.05, 0.1) is 11.0 Å². The van der Waals surface area contributed by atoms with E-state index >= 15 is 0 Å². The van der Waals surface area contributed by atoms with Crippen LogP contribution in [0, 0.1) is 17.0 Å². The number of nitro groups is 1. The number of benzene rings is 2. The van der Waals surface area contributed by atoms with Crippen LogP contribution in [-0.4, -0.2) is 17.4 Å². The summed E-state index contributed by atoms with van der Waals surface area (Å²) in [5, 5.41) is 14.1. The number of nitrogens with zero attached hydrogens (tertiary/aromatic N) is 1. The zero-order chi connectivity index (χ0) is 18.4. The lowest BCUT2D eigenvalue weighted by Gasteiger charge is -2.18. The van der Waals surface area contributed by atoms with E-state index in [1.165, 1.54) is 18.2 Å². The van der Waals surface area contributed by atoms with Gasteiger partial charge in [-0.25, -0.2) is 0 Å². The van der Waals surface area contributed by atoms with Crippen molar-refractivity contribution in [2.75, 3.05) is 6.61 Å². The highest BCUT2D eigenvalue weighted by molar-refractivity contribution is 6.30. The minimum absolute atomic E-state index is 0.00735. The molecule has 0 radical (unpaired) electrons. The van der Waals surface area contributed by atoms with Crippen LogP contribution >= 0.6 is 11.6 Å². The number of aryl methyl sites for hydroxylation is 1. The second-order valence-corrected chi connectivity index (χ2v) is 6.03. The number of ether oxygens (including phenoxy) is 1. The maximum absolute atomic E-state index is 12.1. The topological polar surface area (TPSA) is 81.5 Å². The van der Waals surface area contributed by atoms with Gasteiger partial charge in [0.25, 0.3) is 5.91 Å². The minimum Gasteiger partial charge on any atom is -0.477 e. The standard InChI is InChI=1S/C18H19ClN2O4/c1-3-15(13-6-4-12(2)5-7-13)20-18(22)11-25-17-9-8-14(19)10-16(17)21(23)24/h4-10,15H,3,11H2,1-2H3,(H,20,22)/t15-/m0/s1. The van der Waals surface area contributed by atoms with E-state index in [1.54, 1.807) is 0 Å². The fourth-order valence-electron chi connectivity index (χ4n) is 2.35. The molecular weight excluding hydrogens is 344 g/mol. The summed E-state index contributed by atoms with van der Waals surface area (Å²) in [4.78, 5) is 22.6. The molecule has 0 bridgehead atoms. The lowest BCUT2D eigenvalue weighted by Crippen LogP contribution is -2.32. The molecule has 1 atom stereocenters. The van der Waals surface area contributed by atoms with Crippen LogP contribution in [0.3, 0.4) is 0 Å². The highest BCUT2D eigenvalue weighted by Gasteiger charge is 2.18. The Morgan fingerprint density at radius 3 is 2.56 bits per heavy atom. The molecule has 0 aliphatic heterocycles. The number of nitrogens with one attached hydrogen (secondary N) is 1. The molecule has 2 aromatic rings. The van der Waals surface area contributed by atoms with E-state index in [1.807, 2.05) is 38.1 Å². The van der Waals surface area contributed by atoms with Gasteiger partial charge in [-0.05, 0) is 31.0 Å². The van der Waals surface area contributed by atoms with Crippen LogP contribution in [-0.2, 0) is 4.79 Å². The van der Waals surface area contributed by atoms with Crippen LogP contribution in [0.1, 0.15) is 30.5 Å². The monoisotopic (exact) mass is 362 g/mol. The fourth-order valence-corrected chi connectivity index (χ4v) is 2.52. The summed E-state index contributed by atoms with van der Waals surface area (Å²) in [6, 6.07) is 11.8. The summed E-state index contributed by atoms with van der Waals surface area (Å²) in [7, 11) is 0. The van der Waals surface area contributed by atoms with Gasteiger partial charge in [0.15, 0.2) is 12.4 Å². The van der Waals surface area contributed by atoms with Crippen LogP contribution in [0.15, 0.2) is 42.5 Å². The maximum atomic E-state index is 12.1. The summed E-state index contributed by atoms with van der Waals surface area (Å²) >= 11 is 5.75. The number of carbonyl (C=O) groups is 1. The van der Waals surface area contributed by atoms with Crippen molar-refractivity contribution >= 4 is 23.2 Å². The molecule has 0 fully saturated rings. The molecule has 0 aliphatic rings. The first-order valence-electron chi connectivity index (χ1n) is 7.83. The van der Waals surface area contributed by atoms with Gasteiger partial charge in [-0.2, -0.15) is 0 Å². The Bertz CT molecular complexity index is 762. The number of hydrogen-bond acceptors (Lipinski definition) is 4. The Labute approximate surface area is 150 Å². The first-order valence-corrected chi connectivity index (χ1v) is 8.21. The molecule has 0 spiro atoms. The van der Waals surface area contributed by atoms with Crippen molar-refractivity contribution in [3.8, 4) is 5.75 Å². The Kier molecular flexibility index (Phi) is 6.36. The Hall–Kier alpha value is -2.60. The molecule has 2 rings (SSSR count). The highest BCUT2D eigenvalue weighted by atomic mass is 35.5. The Morgan fingerprint density at radius 1 is 1.28 bits per heavy atom. The summed E-state index contributed by atoms with van der Waals surface area (Å²) in [5.41, 5.74) is 1.87. The lowest BCUT2D eigenvalue weighted by atomic mass is 10.0. The van der Waals surface area contributed by atoms with E-state index in [-0.39, 0.29) is 35.0 Å². The van der Waals surface area contributed by atoms with Crippen LogP contribution in [0.2, 0.25) is 5.02 Å². The maximum Gasteiger partial charge on any atom is 0.312 e. The number of carbonyl (C=O) groups excluding carboxylic acids is 1. The molecule has 2 aromatic carbocycles. The molecule has 1 N–H and O–H groups in total. The van der Waals surface area contributed by atoms with Gasteiger partial charge in [0.2, 0.25) is 0 Å². The molecule has 25 heavy (non-hydrogen) atoms. The number of amides is 1. The van der Waals surface area contributed by atoms with E-state index in [4.69, 9.17) is 16.3 Å². The van der Waals surface area contributed by atoms with Crippen molar-refractivity contribution in [3.63, 3.8) is 0 Å². The summed E-state index contributed by atoms with van der Waals surface area (Å²) < 4.78 is 5.30. The van der Waals surface area contributed by atoms with E-state index in [9.17, 15) is 14.9 Å². The van der Waals surface area contributed by atoms with Crippen molar-refractivity contribution in [3.05, 3.63) is 68.7 Å². The second kappa shape index (κ2) is 8.48. The van der Waals surface area contributed by atoms with Crippen LogP contribution in [0.25, 0.3) is 0 Å². The predicted molar refractivity (Wildman–Crippen MR) is 96.0 cm³/mol. The second-order valence-electron chi connectivity index (χ2n) is 5.60. The van der Waals surface area contributed by atoms with Gasteiger partial charge in [-0.15, -0.1) is 0 Å². The normalized spacial score (nSPS) is 11.6. The summed E-state index contributed by atoms with van der Waals surface area (Å²) in [5.74, 6) is -0.343. The van der Waals surface area contributed by atoms with E-state index in [2.05, 4.69) is 5.32 Å². The fraction of sp³-hybridized carbons (Fsp3) is 0.278. The summed E-state index contributed by atoms with van der Waals surface area (Å²) in [6.45, 7) is 3.65. The average molecular weight is 363 g/mol. The third-order valence-corrected chi connectivity index (χ3v) is 3.93. The average Bonchev–Trinajstić information content (AvgIpc) is 2.59. The van der Waals surface area contributed by atoms with Crippen molar-refractivity contribution in [2.45, 2.75) is 26.3 Å². The van der Waals surface area contributed by atoms with Crippen LogP contribution < -0.4 is 10.1 Å². The molecule has 1 amide bonds. The molecule has 0 heterocycles. The molecule has 0 unspecified atom stereocenters. The van der Waals surface area contributed by atoms with E-state index in [0.717, 1.165) is 17.5 Å². The first kappa shape index (κ1) is 18.7. The molecular formula is C18H19ClN2O4. The zero-order valence-electron chi connectivity index (χ0n) is 14.0. The number of nitro benzene ring substituents is 1. The molecule has 0 aromatic heterocycles. The quantitative estimate of drug-likeness (QED) is 0.591. The number of halogens is 1. The third kappa shape index (κ3) is 5.19. The minimum atomic E-state index is -0.597. The smallest absolute Gasteiger partial charge is 0.312 e. The highest BCUT2D eigenvalue weighted by Crippen LogP contribution is 2.29. The zero-order valence-corrected chi connectivity index (χ0v) is 14.7. The predicted octanol–water partition coefficient (Wildman–Crippen LogP) is 4.20. The van der Waals surface area contributed by atoms with E-state index < -0.39 is 4.92 Å². The molecule has 132 valence electrons. The Morgan fingerprint density at radius 2 is 1.96 bits per heavy atom. The van der Waals surface area contributed by atoms with E-state index in [0.29, 0.717) is 0 Å². The van der Waals surface area contributed by atoms with Gasteiger partial charge in [0, 0.05) is 11.1 Å². The molecule has 0 saturated carbocycles. The number of hydrogen-bond donors (Lipinski definition) is 1. The summed E-state index contributed by atoms with van der Waals surface area (Å²) in [6.07, 6.45) is 0.718. The first-order chi connectivity index (χ1) is 11.9. The van der Waals surface area contributed by atoms with Gasteiger partial charge in [0.1, 0.15) is 0 Å². The van der Waals surface area contributed by atoms with Gasteiger partial charge >= 0.3 is 5.69 Å². The molecule has 6 nitrogen and oxygen atoms in total. The van der Waals surface area contributed by atoms with Crippen molar-refractivity contribution < 1.29 is 14.5 Å². The lowest BCUT2D eigenvalue weighted by molar-refractivity contribution is -0.385.